The van der Waals surface area contributed by atoms with E-state index in [1.807, 2.05) is 24.3 Å². The zero-order chi connectivity index (χ0) is 7.40. The first-order chi connectivity index (χ1) is 4.84. The summed E-state index contributed by atoms with van der Waals surface area (Å²) >= 11 is 2.18. The predicted octanol–water partition coefficient (Wildman–Crippen LogP) is 2.10. The van der Waals surface area contributed by atoms with Gasteiger partial charge in [0.2, 0.25) is 0 Å². The Morgan fingerprint density at radius 3 is 2.70 bits per heavy atom. The minimum Gasteiger partial charge on any atom is -0.411 e. The van der Waals surface area contributed by atoms with Gasteiger partial charge in [-0.25, -0.2) is 0 Å². The van der Waals surface area contributed by atoms with Gasteiger partial charge >= 0.3 is 0 Å². The van der Waals surface area contributed by atoms with Crippen LogP contribution in [0, 0.1) is 3.57 Å². The minimum atomic E-state index is 0.936. The molecule has 1 aromatic carbocycles. The van der Waals surface area contributed by atoms with Gasteiger partial charge in [0, 0.05) is 9.13 Å². The van der Waals surface area contributed by atoms with Gasteiger partial charge in [-0.3, -0.25) is 0 Å². The molecule has 0 spiro atoms. The van der Waals surface area contributed by atoms with Crippen molar-refractivity contribution < 1.29 is 5.21 Å². The standard InChI is InChI=1S/C7H6INO/c8-7-4-2-1-3-6(7)5-9-10/h1-5,10H/b9-5-. The molecule has 3 heteroatoms. The highest BCUT2D eigenvalue weighted by atomic mass is 127. The van der Waals surface area contributed by atoms with Crippen LogP contribution >= 0.6 is 22.6 Å². The molecule has 0 heterocycles. The molecule has 0 atom stereocenters. The molecule has 52 valence electrons. The van der Waals surface area contributed by atoms with E-state index in [4.69, 9.17) is 5.21 Å². The molecule has 0 saturated carbocycles. The first kappa shape index (κ1) is 7.53. The van der Waals surface area contributed by atoms with Gasteiger partial charge in [0.1, 0.15) is 0 Å². The second-order valence-electron chi connectivity index (χ2n) is 1.77. The maximum absolute atomic E-state index is 8.21. The van der Waals surface area contributed by atoms with Crippen molar-refractivity contribution in [3.8, 4) is 0 Å². The molecule has 1 aromatic rings. The van der Waals surface area contributed by atoms with E-state index in [9.17, 15) is 0 Å². The van der Waals surface area contributed by atoms with E-state index in [0.717, 1.165) is 9.13 Å². The van der Waals surface area contributed by atoms with Gasteiger partial charge in [0.15, 0.2) is 0 Å². The van der Waals surface area contributed by atoms with Crippen molar-refractivity contribution in [2.24, 2.45) is 5.16 Å². The van der Waals surface area contributed by atoms with Gasteiger partial charge in [0.05, 0.1) is 6.21 Å². The van der Waals surface area contributed by atoms with Gasteiger partial charge in [0.25, 0.3) is 0 Å². The molecular weight excluding hydrogens is 241 g/mol. The summed E-state index contributed by atoms with van der Waals surface area (Å²) in [6, 6.07) is 7.69. The minimum absolute atomic E-state index is 0.936. The lowest BCUT2D eigenvalue weighted by atomic mass is 10.2. The Bertz CT molecular complexity index is 247. The molecule has 0 aliphatic rings. The topological polar surface area (TPSA) is 32.6 Å². The van der Waals surface area contributed by atoms with Crippen LogP contribution in [0.3, 0.4) is 0 Å². The van der Waals surface area contributed by atoms with Gasteiger partial charge in [-0.1, -0.05) is 23.4 Å². The monoisotopic (exact) mass is 247 g/mol. The lowest BCUT2D eigenvalue weighted by molar-refractivity contribution is 0.322. The Morgan fingerprint density at radius 2 is 2.10 bits per heavy atom. The van der Waals surface area contributed by atoms with Gasteiger partial charge in [-0.15, -0.1) is 0 Å². The quantitative estimate of drug-likeness (QED) is 0.350. The van der Waals surface area contributed by atoms with Gasteiger partial charge < -0.3 is 5.21 Å². The van der Waals surface area contributed by atoms with Crippen LogP contribution in [-0.4, -0.2) is 11.4 Å². The second kappa shape index (κ2) is 3.55. The SMILES string of the molecule is O/N=C\c1ccccc1I. The summed E-state index contributed by atoms with van der Waals surface area (Å²) in [5, 5.41) is 11.1. The summed E-state index contributed by atoms with van der Waals surface area (Å²) in [6.45, 7) is 0. The van der Waals surface area contributed by atoms with Crippen LogP contribution in [-0.2, 0) is 0 Å². The van der Waals surface area contributed by atoms with E-state index in [2.05, 4.69) is 27.7 Å². The number of nitrogens with zero attached hydrogens (tertiary/aromatic N) is 1. The summed E-state index contributed by atoms with van der Waals surface area (Å²) in [4.78, 5) is 0. The zero-order valence-electron chi connectivity index (χ0n) is 5.16. The largest absolute Gasteiger partial charge is 0.411 e. The smallest absolute Gasteiger partial charge is 0.0744 e. The van der Waals surface area contributed by atoms with Crippen molar-refractivity contribution in [3.63, 3.8) is 0 Å². The summed E-state index contributed by atoms with van der Waals surface area (Å²) in [5.74, 6) is 0. The van der Waals surface area contributed by atoms with Crippen LogP contribution in [0.5, 0.6) is 0 Å². The lowest BCUT2D eigenvalue weighted by Gasteiger charge is -1.92. The fraction of sp³-hybridized carbons (Fsp3) is 0. The van der Waals surface area contributed by atoms with E-state index >= 15 is 0 Å². The lowest BCUT2D eigenvalue weighted by Crippen LogP contribution is -1.83. The molecule has 0 fully saturated rings. The Morgan fingerprint density at radius 1 is 1.40 bits per heavy atom. The summed E-state index contributed by atoms with van der Waals surface area (Å²) in [5.41, 5.74) is 0.936. The van der Waals surface area contributed by atoms with E-state index in [-0.39, 0.29) is 0 Å². The molecule has 10 heavy (non-hydrogen) atoms. The fourth-order valence-corrected chi connectivity index (χ4v) is 1.17. The molecule has 0 unspecified atom stereocenters. The molecule has 0 aromatic heterocycles. The Hall–Kier alpha value is -0.580. The normalized spacial score (nSPS) is 10.5. The molecule has 0 radical (unpaired) electrons. The van der Waals surface area contributed by atoms with Crippen molar-refractivity contribution in [1.29, 1.82) is 0 Å². The average Bonchev–Trinajstić information content (AvgIpc) is 1.94. The molecule has 0 aliphatic carbocycles. The highest BCUT2D eigenvalue weighted by Crippen LogP contribution is 2.08. The van der Waals surface area contributed by atoms with Crippen molar-refractivity contribution in [2.75, 3.05) is 0 Å². The summed E-state index contributed by atoms with van der Waals surface area (Å²) in [6.07, 6.45) is 1.42. The van der Waals surface area contributed by atoms with E-state index in [0.29, 0.717) is 0 Å². The molecule has 0 amide bonds. The average molecular weight is 247 g/mol. The van der Waals surface area contributed by atoms with Crippen LogP contribution in [0.2, 0.25) is 0 Å². The number of rotatable bonds is 1. The molecular formula is C7H6INO. The molecule has 1 N–H and O–H groups in total. The van der Waals surface area contributed by atoms with Crippen LogP contribution in [0.1, 0.15) is 5.56 Å². The summed E-state index contributed by atoms with van der Waals surface area (Å²) in [7, 11) is 0. The van der Waals surface area contributed by atoms with Gasteiger partial charge in [-0.2, -0.15) is 0 Å². The molecule has 0 saturated heterocycles. The van der Waals surface area contributed by atoms with Crippen LogP contribution in [0.4, 0.5) is 0 Å². The number of halogens is 1. The highest BCUT2D eigenvalue weighted by Gasteiger charge is 1.91. The van der Waals surface area contributed by atoms with Crippen LogP contribution in [0.15, 0.2) is 29.4 Å². The Labute approximate surface area is 72.7 Å². The van der Waals surface area contributed by atoms with Crippen molar-refractivity contribution in [2.45, 2.75) is 0 Å². The zero-order valence-corrected chi connectivity index (χ0v) is 7.32. The van der Waals surface area contributed by atoms with Crippen molar-refractivity contribution in [1.82, 2.24) is 0 Å². The van der Waals surface area contributed by atoms with Crippen LogP contribution < -0.4 is 0 Å². The number of hydrogen-bond donors (Lipinski definition) is 1. The number of oxime groups is 1. The Kier molecular flexibility index (Phi) is 2.68. The summed E-state index contributed by atoms with van der Waals surface area (Å²) < 4.78 is 1.08. The maximum Gasteiger partial charge on any atom is 0.0744 e. The second-order valence-corrected chi connectivity index (χ2v) is 2.93. The first-order valence-corrected chi connectivity index (χ1v) is 3.84. The molecule has 1 rings (SSSR count). The van der Waals surface area contributed by atoms with Crippen molar-refractivity contribution >= 4 is 28.8 Å². The number of hydrogen-bond acceptors (Lipinski definition) is 2. The Balaban J connectivity index is 3.03. The van der Waals surface area contributed by atoms with E-state index in [1.165, 1.54) is 6.21 Å². The third-order valence-electron chi connectivity index (χ3n) is 1.10. The number of benzene rings is 1. The molecule has 0 bridgehead atoms. The van der Waals surface area contributed by atoms with Crippen LogP contribution in [0.25, 0.3) is 0 Å². The van der Waals surface area contributed by atoms with E-state index in [1.54, 1.807) is 0 Å². The van der Waals surface area contributed by atoms with Gasteiger partial charge in [-0.05, 0) is 28.7 Å². The molecule has 0 aliphatic heterocycles. The van der Waals surface area contributed by atoms with Crippen molar-refractivity contribution in [3.05, 3.63) is 33.4 Å². The molecule has 2 nitrogen and oxygen atoms in total. The predicted molar refractivity (Wildman–Crippen MR) is 48.5 cm³/mol. The highest BCUT2D eigenvalue weighted by molar-refractivity contribution is 14.1. The fourth-order valence-electron chi connectivity index (χ4n) is 0.642. The third kappa shape index (κ3) is 1.70. The first-order valence-electron chi connectivity index (χ1n) is 2.76. The van der Waals surface area contributed by atoms with E-state index < -0.39 is 0 Å². The maximum atomic E-state index is 8.21. The third-order valence-corrected chi connectivity index (χ3v) is 2.08.